The van der Waals surface area contributed by atoms with Crippen LogP contribution in [-0.2, 0) is 22.5 Å². The third-order valence-electron chi connectivity index (χ3n) is 4.06. The first-order chi connectivity index (χ1) is 13.2. The van der Waals surface area contributed by atoms with Crippen LogP contribution in [0, 0.1) is 0 Å². The van der Waals surface area contributed by atoms with Gasteiger partial charge in [-0.05, 0) is 43.7 Å². The number of para-hydroxylation sites is 1. The summed E-state index contributed by atoms with van der Waals surface area (Å²) in [6.07, 6.45) is 0.270. The number of nitrogens with zero attached hydrogens (tertiary/aromatic N) is 2. The topological polar surface area (TPSA) is 52.8 Å². The van der Waals surface area contributed by atoms with E-state index < -0.39 is 0 Å². The highest BCUT2D eigenvalue weighted by Crippen LogP contribution is 2.17. The lowest BCUT2D eigenvalue weighted by Gasteiger charge is -2.05. The van der Waals surface area contributed by atoms with Crippen LogP contribution >= 0.6 is 11.3 Å². The second-order valence-electron chi connectivity index (χ2n) is 5.96. The molecule has 0 spiro atoms. The van der Waals surface area contributed by atoms with Crippen molar-refractivity contribution in [2.75, 3.05) is 19.8 Å². The van der Waals surface area contributed by atoms with Crippen LogP contribution in [0.3, 0.4) is 0 Å². The number of ether oxygens (including phenoxy) is 2. The maximum atomic E-state index is 12.5. The lowest BCUT2D eigenvalue weighted by atomic mass is 10.1. The summed E-state index contributed by atoms with van der Waals surface area (Å²) in [5, 5.41) is 0. The van der Waals surface area contributed by atoms with Crippen LogP contribution < -0.4 is 9.54 Å². The summed E-state index contributed by atoms with van der Waals surface area (Å²) in [5.41, 5.74) is 2.00. The molecule has 1 aromatic heterocycles. The van der Waals surface area contributed by atoms with Gasteiger partial charge in [-0.15, -0.1) is 0 Å². The zero-order chi connectivity index (χ0) is 19.1. The van der Waals surface area contributed by atoms with Gasteiger partial charge in [0.1, 0.15) is 5.75 Å². The first-order valence-corrected chi connectivity index (χ1v) is 9.98. The second kappa shape index (κ2) is 9.48. The molecule has 6 heteroatoms. The van der Waals surface area contributed by atoms with Crippen molar-refractivity contribution in [2.24, 2.45) is 4.99 Å². The fourth-order valence-corrected chi connectivity index (χ4v) is 3.89. The van der Waals surface area contributed by atoms with Gasteiger partial charge in [-0.25, -0.2) is 0 Å². The highest BCUT2D eigenvalue weighted by atomic mass is 32.1. The standard InChI is InChI=1S/C21H24N2O3S/c1-3-25-14-13-23-18-7-5-6-8-19(18)27-21(23)22-20(24)15-16-9-11-17(12-10-16)26-4-2/h5-12H,3-4,13-15H2,1-2H3. The van der Waals surface area contributed by atoms with Crippen molar-refractivity contribution in [3.63, 3.8) is 0 Å². The number of amides is 1. The Bertz CT molecular complexity index is 957. The van der Waals surface area contributed by atoms with Crippen LogP contribution in [0.1, 0.15) is 19.4 Å². The fourth-order valence-electron chi connectivity index (χ4n) is 2.81. The molecule has 3 aromatic rings. The molecule has 0 saturated heterocycles. The van der Waals surface area contributed by atoms with Crippen molar-refractivity contribution >= 4 is 27.5 Å². The lowest BCUT2D eigenvalue weighted by Crippen LogP contribution is -2.20. The molecule has 0 aliphatic rings. The van der Waals surface area contributed by atoms with Crippen molar-refractivity contribution in [3.8, 4) is 5.75 Å². The summed E-state index contributed by atoms with van der Waals surface area (Å²) in [5.74, 6) is 0.653. The molecule has 0 aliphatic heterocycles. The molecular weight excluding hydrogens is 360 g/mol. The van der Waals surface area contributed by atoms with Crippen molar-refractivity contribution in [2.45, 2.75) is 26.8 Å². The molecule has 0 saturated carbocycles. The summed E-state index contributed by atoms with van der Waals surface area (Å²) in [6.45, 7) is 6.49. The molecule has 0 N–H and O–H groups in total. The van der Waals surface area contributed by atoms with Crippen LogP contribution in [0.25, 0.3) is 10.2 Å². The van der Waals surface area contributed by atoms with E-state index in [-0.39, 0.29) is 12.3 Å². The Morgan fingerprint density at radius 3 is 2.59 bits per heavy atom. The second-order valence-corrected chi connectivity index (χ2v) is 6.97. The Morgan fingerprint density at radius 1 is 1.07 bits per heavy atom. The van der Waals surface area contributed by atoms with Gasteiger partial charge in [0.2, 0.25) is 0 Å². The zero-order valence-corrected chi connectivity index (χ0v) is 16.5. The van der Waals surface area contributed by atoms with Crippen LogP contribution in [0.4, 0.5) is 0 Å². The SMILES string of the molecule is CCOCCn1c(=NC(=O)Cc2ccc(OCC)cc2)sc2ccccc21. The van der Waals surface area contributed by atoms with E-state index in [1.165, 1.54) is 11.3 Å². The molecule has 0 aliphatic carbocycles. The Kier molecular flexibility index (Phi) is 6.79. The van der Waals surface area contributed by atoms with Crippen LogP contribution in [0.15, 0.2) is 53.5 Å². The molecule has 3 rings (SSSR count). The van der Waals surface area contributed by atoms with Crippen LogP contribution in [-0.4, -0.2) is 30.3 Å². The van der Waals surface area contributed by atoms with E-state index in [0.29, 0.717) is 31.2 Å². The van der Waals surface area contributed by atoms with Gasteiger partial charge in [0.25, 0.3) is 5.91 Å². The highest BCUT2D eigenvalue weighted by Gasteiger charge is 2.08. The number of hydrogen-bond acceptors (Lipinski definition) is 4. The number of fused-ring (bicyclic) bond motifs is 1. The van der Waals surface area contributed by atoms with Crippen LogP contribution in [0.5, 0.6) is 5.75 Å². The molecule has 0 bridgehead atoms. The number of rotatable bonds is 8. The minimum absolute atomic E-state index is 0.157. The molecule has 2 aromatic carbocycles. The van der Waals surface area contributed by atoms with Crippen molar-refractivity contribution in [1.82, 2.24) is 4.57 Å². The Morgan fingerprint density at radius 2 is 1.85 bits per heavy atom. The number of aromatic nitrogens is 1. The minimum Gasteiger partial charge on any atom is -0.494 e. The summed E-state index contributed by atoms with van der Waals surface area (Å²) < 4.78 is 14.1. The van der Waals surface area contributed by atoms with E-state index in [0.717, 1.165) is 21.5 Å². The Hall–Kier alpha value is -2.44. The Labute approximate surface area is 162 Å². The lowest BCUT2D eigenvalue weighted by molar-refractivity contribution is -0.117. The zero-order valence-electron chi connectivity index (χ0n) is 15.7. The van der Waals surface area contributed by atoms with Gasteiger partial charge in [0.15, 0.2) is 4.80 Å². The molecule has 1 amide bonds. The largest absolute Gasteiger partial charge is 0.494 e. The summed E-state index contributed by atoms with van der Waals surface area (Å²) in [4.78, 5) is 17.6. The predicted molar refractivity (Wildman–Crippen MR) is 108 cm³/mol. The molecule has 0 fully saturated rings. The summed E-state index contributed by atoms with van der Waals surface area (Å²) in [7, 11) is 0. The Balaban J connectivity index is 1.83. The van der Waals surface area contributed by atoms with Gasteiger partial charge in [-0.1, -0.05) is 35.6 Å². The molecule has 27 heavy (non-hydrogen) atoms. The molecule has 0 radical (unpaired) electrons. The minimum atomic E-state index is -0.157. The predicted octanol–water partition coefficient (Wildman–Crippen LogP) is 3.81. The van der Waals surface area contributed by atoms with Crippen molar-refractivity contribution in [3.05, 3.63) is 58.9 Å². The average molecular weight is 385 g/mol. The normalized spacial score (nSPS) is 11.9. The van der Waals surface area contributed by atoms with E-state index in [4.69, 9.17) is 9.47 Å². The highest BCUT2D eigenvalue weighted by molar-refractivity contribution is 7.16. The number of hydrogen-bond donors (Lipinski definition) is 0. The van der Waals surface area contributed by atoms with Gasteiger partial charge >= 0.3 is 0 Å². The summed E-state index contributed by atoms with van der Waals surface area (Å²) in [6, 6.07) is 15.7. The molecule has 0 atom stereocenters. The third kappa shape index (κ3) is 5.05. The number of benzene rings is 2. The van der Waals surface area contributed by atoms with Crippen molar-refractivity contribution < 1.29 is 14.3 Å². The number of thiazole rings is 1. The van der Waals surface area contributed by atoms with Gasteiger partial charge in [0, 0.05) is 13.2 Å². The third-order valence-corrected chi connectivity index (χ3v) is 5.12. The van der Waals surface area contributed by atoms with E-state index in [1.807, 2.05) is 62.4 Å². The maximum absolute atomic E-state index is 12.5. The first kappa shape index (κ1) is 19.3. The molecule has 1 heterocycles. The summed E-state index contributed by atoms with van der Waals surface area (Å²) >= 11 is 1.53. The molecule has 142 valence electrons. The quantitative estimate of drug-likeness (QED) is 0.555. The van der Waals surface area contributed by atoms with E-state index >= 15 is 0 Å². The molecule has 5 nitrogen and oxygen atoms in total. The van der Waals surface area contributed by atoms with E-state index in [9.17, 15) is 4.79 Å². The number of carbonyl (C=O) groups excluding carboxylic acids is 1. The number of carbonyl (C=O) groups is 1. The first-order valence-electron chi connectivity index (χ1n) is 9.16. The smallest absolute Gasteiger partial charge is 0.252 e. The fraction of sp³-hybridized carbons (Fsp3) is 0.333. The molecular formula is C21H24N2O3S. The monoisotopic (exact) mass is 384 g/mol. The molecule has 0 unspecified atom stereocenters. The van der Waals surface area contributed by atoms with Gasteiger partial charge < -0.3 is 14.0 Å². The van der Waals surface area contributed by atoms with E-state index in [1.54, 1.807) is 0 Å². The van der Waals surface area contributed by atoms with Crippen molar-refractivity contribution in [1.29, 1.82) is 0 Å². The average Bonchev–Trinajstić information content (AvgIpc) is 3.01. The van der Waals surface area contributed by atoms with Gasteiger partial charge in [0.05, 0.1) is 29.9 Å². The maximum Gasteiger partial charge on any atom is 0.252 e. The van der Waals surface area contributed by atoms with E-state index in [2.05, 4.69) is 9.56 Å². The van der Waals surface area contributed by atoms with Gasteiger partial charge in [-0.2, -0.15) is 4.99 Å². The van der Waals surface area contributed by atoms with Gasteiger partial charge in [-0.3, -0.25) is 4.79 Å². The van der Waals surface area contributed by atoms with Crippen LogP contribution in [0.2, 0.25) is 0 Å².